The molecule has 0 fully saturated rings. The number of nitrogens with zero attached hydrogens (tertiary/aromatic N) is 1. The second-order valence-corrected chi connectivity index (χ2v) is 5.48. The van der Waals surface area contributed by atoms with Gasteiger partial charge in [0.1, 0.15) is 11.4 Å². The number of hydrogen-bond donors (Lipinski definition) is 4. The van der Waals surface area contributed by atoms with Gasteiger partial charge in [0.05, 0.1) is 12.0 Å². The topological polar surface area (TPSA) is 100 Å². The summed E-state index contributed by atoms with van der Waals surface area (Å²) in [5, 5.41) is 17.1. The van der Waals surface area contributed by atoms with Gasteiger partial charge in [-0.3, -0.25) is 21.0 Å². The molecule has 0 aliphatic rings. The predicted molar refractivity (Wildman–Crippen MR) is 105 cm³/mol. The van der Waals surface area contributed by atoms with Crippen LogP contribution in [-0.4, -0.2) is 22.3 Å². The molecule has 0 aliphatic heterocycles. The van der Waals surface area contributed by atoms with Crippen LogP contribution in [-0.2, 0) is 0 Å². The van der Waals surface area contributed by atoms with Gasteiger partial charge in [0.2, 0.25) is 0 Å². The molecule has 0 aromatic heterocycles. The number of rotatable bonds is 4. The summed E-state index contributed by atoms with van der Waals surface area (Å²) < 4.78 is 5.07. The van der Waals surface area contributed by atoms with Crippen molar-refractivity contribution in [1.29, 1.82) is 0 Å². The van der Waals surface area contributed by atoms with Gasteiger partial charge in [-0.2, -0.15) is 0 Å². The summed E-state index contributed by atoms with van der Waals surface area (Å²) in [6.45, 7) is 0. The fraction of sp³-hybridized carbons (Fsp3) is 0.0667. The van der Waals surface area contributed by atoms with E-state index >= 15 is 0 Å². The van der Waals surface area contributed by atoms with E-state index in [2.05, 4.69) is 21.5 Å². The number of hydrazine groups is 1. The van der Waals surface area contributed by atoms with Crippen molar-refractivity contribution in [3.05, 3.63) is 58.6 Å². The molecule has 0 radical (unpaired) electrons. The third-order valence-electron chi connectivity index (χ3n) is 2.99. The minimum atomic E-state index is -0.492. The van der Waals surface area contributed by atoms with Crippen molar-refractivity contribution in [3.8, 4) is 5.75 Å². The van der Waals surface area contributed by atoms with E-state index in [1.807, 2.05) is 0 Å². The average molecular weight is 377 g/mol. The zero-order valence-electron chi connectivity index (χ0n) is 13.1. The smallest absolute Gasteiger partial charge is 0.292 e. The van der Waals surface area contributed by atoms with E-state index in [0.717, 1.165) is 11.4 Å². The first kappa shape index (κ1) is 18.4. The van der Waals surface area contributed by atoms with Crippen LogP contribution in [0.2, 0.25) is 0 Å². The van der Waals surface area contributed by atoms with Crippen LogP contribution in [0.5, 0.6) is 5.75 Å². The van der Waals surface area contributed by atoms with Crippen LogP contribution in [0.25, 0.3) is 0 Å². The predicted octanol–water partition coefficient (Wildman–Crippen LogP) is 2.79. The van der Waals surface area contributed by atoms with Gasteiger partial charge in [-0.25, -0.2) is 0 Å². The first-order valence-electron chi connectivity index (χ1n) is 7.01. The van der Waals surface area contributed by atoms with Crippen LogP contribution in [0.15, 0.2) is 48.5 Å². The largest absolute Gasteiger partial charge is 0.497 e. The molecule has 4 N–H and O–H groups in total. The molecule has 0 bridgehead atoms. The molecule has 0 atom stereocenters. The first-order chi connectivity index (χ1) is 12.0. The lowest BCUT2D eigenvalue weighted by molar-refractivity contribution is -0.383. The van der Waals surface area contributed by atoms with Crippen LogP contribution in [0.3, 0.4) is 0 Å². The maximum absolute atomic E-state index is 11.0. The molecule has 8 nitrogen and oxygen atoms in total. The third-order valence-corrected chi connectivity index (χ3v) is 3.39. The maximum atomic E-state index is 11.0. The second kappa shape index (κ2) is 8.76. The van der Waals surface area contributed by atoms with E-state index in [4.69, 9.17) is 29.2 Å². The zero-order chi connectivity index (χ0) is 18.2. The highest BCUT2D eigenvalue weighted by atomic mass is 32.1. The van der Waals surface area contributed by atoms with Gasteiger partial charge in [-0.15, -0.1) is 0 Å². The highest BCUT2D eigenvalue weighted by Crippen LogP contribution is 2.22. The van der Waals surface area contributed by atoms with Crippen LogP contribution >= 0.6 is 24.4 Å². The minimum absolute atomic E-state index is 0.0782. The Labute approximate surface area is 154 Å². The summed E-state index contributed by atoms with van der Waals surface area (Å²) in [7, 11) is 1.59. The lowest BCUT2D eigenvalue weighted by Gasteiger charge is -2.14. The summed E-state index contributed by atoms with van der Waals surface area (Å²) in [5.41, 5.74) is 6.32. The zero-order valence-corrected chi connectivity index (χ0v) is 14.7. The minimum Gasteiger partial charge on any atom is -0.497 e. The fourth-order valence-electron chi connectivity index (χ4n) is 1.84. The summed E-state index contributed by atoms with van der Waals surface area (Å²) in [6.07, 6.45) is 0. The normalized spacial score (nSPS) is 9.64. The maximum Gasteiger partial charge on any atom is 0.292 e. The molecule has 0 saturated carbocycles. The summed E-state index contributed by atoms with van der Waals surface area (Å²) in [5.74, 6) is 0.734. The Kier molecular flexibility index (Phi) is 6.43. The highest BCUT2D eigenvalue weighted by molar-refractivity contribution is 7.81. The van der Waals surface area contributed by atoms with Crippen LogP contribution in [0.4, 0.5) is 17.1 Å². The SMILES string of the molecule is COc1ccc(NC(=S)NNC(=S)Nc2ccccc2[N+](=O)[O-])cc1. The van der Waals surface area contributed by atoms with Crippen molar-refractivity contribution in [1.82, 2.24) is 10.9 Å². The van der Waals surface area contributed by atoms with Crippen LogP contribution in [0.1, 0.15) is 0 Å². The molecule has 10 heteroatoms. The van der Waals surface area contributed by atoms with E-state index in [-0.39, 0.29) is 21.6 Å². The van der Waals surface area contributed by atoms with Gasteiger partial charge in [0, 0.05) is 11.8 Å². The van der Waals surface area contributed by atoms with Gasteiger partial charge in [-0.05, 0) is 54.8 Å². The average Bonchev–Trinajstić information content (AvgIpc) is 2.61. The quantitative estimate of drug-likeness (QED) is 0.364. The number of anilines is 2. The van der Waals surface area contributed by atoms with E-state index in [1.54, 1.807) is 49.6 Å². The van der Waals surface area contributed by atoms with Gasteiger partial charge < -0.3 is 15.4 Å². The molecule has 2 rings (SSSR count). The number of nitro groups is 1. The molecule has 25 heavy (non-hydrogen) atoms. The Bertz CT molecular complexity index is 783. The second-order valence-electron chi connectivity index (χ2n) is 4.66. The molecule has 0 spiro atoms. The van der Waals surface area contributed by atoms with Crippen LogP contribution in [0, 0.1) is 10.1 Å². The van der Waals surface area contributed by atoms with E-state index in [9.17, 15) is 10.1 Å². The molecule has 0 amide bonds. The summed E-state index contributed by atoms with van der Waals surface area (Å²) in [6, 6.07) is 13.4. The number of thiocarbonyl (C=S) groups is 2. The first-order valence-corrected chi connectivity index (χ1v) is 7.82. The van der Waals surface area contributed by atoms with Crippen LogP contribution < -0.4 is 26.2 Å². The van der Waals surface area contributed by atoms with Gasteiger partial charge in [0.15, 0.2) is 10.2 Å². The lowest BCUT2D eigenvalue weighted by atomic mass is 10.3. The standard InChI is InChI=1S/C15H15N5O3S2/c1-23-11-8-6-10(7-9-11)16-14(24)18-19-15(25)17-12-4-2-3-5-13(12)20(21)22/h2-9H,1H3,(H2,16,18,24)(H2,17,19,25). The number of nitro benzene ring substituents is 1. The van der Waals surface area contributed by atoms with Crippen molar-refractivity contribution in [2.45, 2.75) is 0 Å². The van der Waals surface area contributed by atoms with Crippen molar-refractivity contribution in [2.24, 2.45) is 0 Å². The van der Waals surface area contributed by atoms with E-state index < -0.39 is 4.92 Å². The molecule has 0 aliphatic carbocycles. The Morgan fingerprint density at radius 3 is 2.20 bits per heavy atom. The van der Waals surface area contributed by atoms with Crippen molar-refractivity contribution in [3.63, 3.8) is 0 Å². The molecule has 0 heterocycles. The number of hydrogen-bond acceptors (Lipinski definition) is 5. The number of methoxy groups -OCH3 is 1. The van der Waals surface area contributed by atoms with Crippen molar-refractivity contribution < 1.29 is 9.66 Å². The van der Waals surface area contributed by atoms with E-state index in [1.165, 1.54) is 6.07 Å². The Balaban J connectivity index is 1.85. The Morgan fingerprint density at radius 1 is 1.00 bits per heavy atom. The van der Waals surface area contributed by atoms with Gasteiger partial charge in [0.25, 0.3) is 5.69 Å². The summed E-state index contributed by atoms with van der Waals surface area (Å²) >= 11 is 10.2. The monoisotopic (exact) mass is 377 g/mol. The molecular weight excluding hydrogens is 362 g/mol. The Morgan fingerprint density at radius 2 is 1.60 bits per heavy atom. The molecule has 2 aromatic carbocycles. The lowest BCUT2D eigenvalue weighted by Crippen LogP contribution is -2.45. The highest BCUT2D eigenvalue weighted by Gasteiger charge is 2.13. The number of benzene rings is 2. The third kappa shape index (κ3) is 5.55. The summed E-state index contributed by atoms with van der Waals surface area (Å²) in [4.78, 5) is 10.5. The fourth-order valence-corrected chi connectivity index (χ4v) is 2.17. The molecule has 0 unspecified atom stereocenters. The molecular formula is C15H15N5O3S2. The molecule has 0 saturated heterocycles. The van der Waals surface area contributed by atoms with Gasteiger partial charge >= 0.3 is 0 Å². The molecule has 2 aromatic rings. The molecule has 130 valence electrons. The Hall–Kier alpha value is -2.98. The number of para-hydroxylation sites is 2. The van der Waals surface area contributed by atoms with Gasteiger partial charge in [-0.1, -0.05) is 12.1 Å². The van der Waals surface area contributed by atoms with E-state index in [0.29, 0.717) is 0 Å². The number of ether oxygens (including phenoxy) is 1. The van der Waals surface area contributed by atoms with Crippen molar-refractivity contribution >= 4 is 51.7 Å². The van der Waals surface area contributed by atoms with Crippen molar-refractivity contribution in [2.75, 3.05) is 17.7 Å². The number of nitrogens with one attached hydrogen (secondary N) is 4.